The van der Waals surface area contributed by atoms with E-state index in [1.807, 2.05) is 95.3 Å². The minimum atomic E-state index is 0.470. The number of benzene rings is 1. The predicted octanol–water partition coefficient (Wildman–Crippen LogP) is 18.4. The zero-order valence-corrected chi connectivity index (χ0v) is 59.4. The lowest BCUT2D eigenvalue weighted by Crippen LogP contribution is -2.14. The van der Waals surface area contributed by atoms with Gasteiger partial charge < -0.3 is 23.7 Å². The SMILES string of the molecule is CC(C)C.CC(C)c1cc2n(n1)CCCO2.CC(C)c1cccnn1.CC(C)c1cn2c(n1)CCCC2.CC(C)c1cn2ccccc2n1.CC(C)c1cn2ccsc2n1.CC(C)c1n[nH]c2c1CCCC2.CC(C)c1nc2ccccc2[nH]1.c1cnc2nc[nH]c2c1. The van der Waals surface area contributed by atoms with Gasteiger partial charge in [-0.25, -0.2) is 34.6 Å². The van der Waals surface area contributed by atoms with E-state index in [0.717, 1.165) is 87.1 Å². The third kappa shape index (κ3) is 22.2. The molecule has 13 heterocycles. The molecule has 0 amide bonds. The van der Waals surface area contributed by atoms with Crippen LogP contribution in [0.5, 0.6) is 5.88 Å². The summed E-state index contributed by atoms with van der Waals surface area (Å²) in [5.41, 5.74) is 14.9. The smallest absolute Gasteiger partial charge is 0.211 e. The van der Waals surface area contributed by atoms with Gasteiger partial charge in [0.25, 0.3) is 0 Å². The van der Waals surface area contributed by atoms with E-state index < -0.39 is 0 Å². The van der Waals surface area contributed by atoms with Gasteiger partial charge in [-0.3, -0.25) is 9.50 Å². The Morgan fingerprint density at radius 3 is 1.85 bits per heavy atom. The highest BCUT2D eigenvalue weighted by Gasteiger charge is 2.19. The topological polar surface area (TPSA) is 204 Å². The summed E-state index contributed by atoms with van der Waals surface area (Å²) < 4.78 is 13.9. The molecule has 0 bridgehead atoms. The van der Waals surface area contributed by atoms with E-state index in [2.05, 4.69) is 215 Å². The lowest BCUT2D eigenvalue weighted by molar-refractivity contribution is 0.230. The number of thiazole rings is 1. The maximum Gasteiger partial charge on any atom is 0.211 e. The number of hydrogen-bond donors (Lipinski definition) is 3. The molecule has 15 rings (SSSR count). The van der Waals surface area contributed by atoms with Gasteiger partial charge in [-0.1, -0.05) is 136 Å². The molecule has 0 saturated carbocycles. The molecule has 3 aliphatic rings. The van der Waals surface area contributed by atoms with E-state index in [9.17, 15) is 0 Å². The van der Waals surface area contributed by atoms with Crippen molar-refractivity contribution in [1.29, 1.82) is 0 Å². The number of nitrogens with one attached hydrogen (secondary N) is 3. The number of H-pyrrole nitrogens is 3. The van der Waals surface area contributed by atoms with Crippen LogP contribution >= 0.6 is 11.3 Å². The minimum Gasteiger partial charge on any atom is -0.478 e. The lowest BCUT2D eigenvalue weighted by Gasteiger charge is -2.13. The maximum absolute atomic E-state index is 5.45. The largest absolute Gasteiger partial charge is 0.478 e. The number of ether oxygens (including phenoxy) is 1. The first kappa shape index (κ1) is 72.1. The molecule has 11 aromatic heterocycles. The van der Waals surface area contributed by atoms with Crippen molar-refractivity contribution in [2.45, 2.75) is 224 Å². The van der Waals surface area contributed by atoms with Gasteiger partial charge >= 0.3 is 0 Å². The van der Waals surface area contributed by atoms with E-state index in [1.54, 1.807) is 30.1 Å². The molecule has 0 fully saturated rings. The molecule has 12 aromatic rings. The number of aryl methyl sites for hydroxylation is 4. The van der Waals surface area contributed by atoms with Gasteiger partial charge in [0.1, 0.15) is 17.3 Å². The summed E-state index contributed by atoms with van der Waals surface area (Å²) in [6.07, 6.45) is 25.5. The monoisotopic (exact) mass is 1280 g/mol. The molecule has 0 unspecified atom stereocenters. The number of nitrogens with zero attached hydrogens (tertiary/aromatic N) is 14. The van der Waals surface area contributed by atoms with Crippen LogP contribution in [0.3, 0.4) is 0 Å². The molecule has 0 atom stereocenters. The second kappa shape index (κ2) is 36.2. The fourth-order valence-corrected chi connectivity index (χ4v) is 10.7. The van der Waals surface area contributed by atoms with Gasteiger partial charge in [0.15, 0.2) is 10.6 Å². The van der Waals surface area contributed by atoms with E-state index >= 15 is 0 Å². The zero-order valence-electron chi connectivity index (χ0n) is 58.6. The number of para-hydroxylation sites is 2. The molecule has 0 saturated heterocycles. The number of rotatable bonds is 7. The molecule has 19 heteroatoms. The number of aromatic amines is 3. The van der Waals surface area contributed by atoms with Gasteiger partial charge in [0.05, 0.1) is 63.6 Å². The molecule has 2 aliphatic heterocycles. The third-order valence-corrected chi connectivity index (χ3v) is 16.1. The van der Waals surface area contributed by atoms with Crippen molar-refractivity contribution in [3.05, 3.63) is 185 Å². The third-order valence-electron chi connectivity index (χ3n) is 15.3. The van der Waals surface area contributed by atoms with E-state index in [4.69, 9.17) is 4.74 Å². The fourth-order valence-electron chi connectivity index (χ4n) is 9.96. The molecule has 0 spiro atoms. The van der Waals surface area contributed by atoms with Crippen LogP contribution in [0.25, 0.3) is 32.8 Å². The Hall–Kier alpha value is -8.32. The summed E-state index contributed by atoms with van der Waals surface area (Å²) in [6.45, 7) is 39.7. The lowest BCUT2D eigenvalue weighted by atomic mass is 9.93. The Labute approximate surface area is 556 Å². The first-order valence-corrected chi connectivity index (χ1v) is 34.7. The average molecular weight is 1280 g/mol. The molecule has 18 nitrogen and oxygen atoms in total. The highest BCUT2D eigenvalue weighted by Crippen LogP contribution is 2.27. The molecule has 1 aromatic carbocycles. The van der Waals surface area contributed by atoms with Gasteiger partial charge in [0.2, 0.25) is 5.88 Å². The van der Waals surface area contributed by atoms with Crippen LogP contribution in [0.1, 0.15) is 248 Å². The Kier molecular flexibility index (Phi) is 28.1. The van der Waals surface area contributed by atoms with Crippen molar-refractivity contribution < 1.29 is 4.74 Å². The minimum absolute atomic E-state index is 0.470. The molecule has 1 aliphatic carbocycles. The van der Waals surface area contributed by atoms with Crippen molar-refractivity contribution in [2.75, 3.05) is 6.61 Å². The molecular formula is C74H105N17OS. The van der Waals surface area contributed by atoms with Crippen molar-refractivity contribution in [3.8, 4) is 5.88 Å². The van der Waals surface area contributed by atoms with Gasteiger partial charge in [0, 0.05) is 92.4 Å². The normalized spacial score (nSPS) is 13.0. The van der Waals surface area contributed by atoms with Crippen LogP contribution in [-0.4, -0.2) is 90.0 Å². The number of imidazole rings is 5. The summed E-state index contributed by atoms with van der Waals surface area (Å²) in [6, 6.07) is 23.9. The summed E-state index contributed by atoms with van der Waals surface area (Å²) >= 11 is 1.68. The average Bonchev–Trinajstić information content (AvgIpc) is 2.10. The van der Waals surface area contributed by atoms with Crippen molar-refractivity contribution in [1.82, 2.24) is 83.4 Å². The Bertz CT molecular complexity index is 3720. The quantitative estimate of drug-likeness (QED) is 0.137. The molecule has 0 radical (unpaired) electrons. The highest BCUT2D eigenvalue weighted by atomic mass is 32.1. The Balaban J connectivity index is 0.000000150. The fraction of sp³-hybridized carbons (Fsp3) is 0.486. The summed E-state index contributed by atoms with van der Waals surface area (Å²) in [7, 11) is 0. The molecule has 93 heavy (non-hydrogen) atoms. The van der Waals surface area contributed by atoms with E-state index in [1.165, 1.54) is 85.7 Å². The van der Waals surface area contributed by atoms with Crippen LogP contribution in [0.4, 0.5) is 0 Å². The molecule has 498 valence electrons. The zero-order chi connectivity index (χ0) is 67.0. The summed E-state index contributed by atoms with van der Waals surface area (Å²) in [5.74, 6) is 7.76. The van der Waals surface area contributed by atoms with E-state index in [-0.39, 0.29) is 0 Å². The van der Waals surface area contributed by atoms with Crippen LogP contribution in [0.15, 0.2) is 128 Å². The first-order chi connectivity index (χ1) is 44.6. The molecular weight excluding hydrogens is 1170 g/mol. The number of pyridine rings is 2. The second-order valence-electron chi connectivity index (χ2n) is 26.6. The first-order valence-electron chi connectivity index (χ1n) is 33.8. The van der Waals surface area contributed by atoms with Crippen LogP contribution in [-0.2, 0) is 32.4 Å². The van der Waals surface area contributed by atoms with Crippen molar-refractivity contribution in [3.63, 3.8) is 0 Å². The second-order valence-corrected chi connectivity index (χ2v) is 27.5. The maximum atomic E-state index is 5.45. The number of fused-ring (bicyclic) bond motifs is 7. The Morgan fingerprint density at radius 2 is 1.22 bits per heavy atom. The number of hydrogen-bond acceptors (Lipinski definition) is 12. The van der Waals surface area contributed by atoms with Crippen LogP contribution in [0.2, 0.25) is 0 Å². The van der Waals surface area contributed by atoms with Crippen molar-refractivity contribution in [2.24, 2.45) is 5.92 Å². The standard InChI is InChI=1S/C10H16N2.2C10H12N2.C10H16N2.C9H14N2O.C8H10N2S.C7H10N2.C6H5N3.C4H10/c2*1-8(2)9-7-12-6-4-3-5-10(12)11-9;1-7(2)10-11-8-5-3-4-6-9(8)12-10;1-7(2)10-8-5-3-4-6-9(8)11-12-10;1-7(2)8-6-9-11(10-8)4-3-5-12-9;1-6(2)7-5-10-3-4-11-8(10)9-7;1-6(2)7-4-3-5-8-9-7;1-2-5-6(7-3-1)9-4-8-5;1-4(2)3/h7-8H,3-6H2,1-2H3;3-8H,1-2H3;3-7H,1-2H3,(H,11,12);7H,3-6H2,1-2H3,(H,11,12);6-7H,3-5H2,1-2H3;3-6H,1-2H3;3-6H,1-2H3;1-4H,(H,7,8,9);4H,1-3H3. The number of aromatic nitrogens is 17. The van der Waals surface area contributed by atoms with Crippen molar-refractivity contribution >= 4 is 44.1 Å². The Morgan fingerprint density at radius 1 is 0.548 bits per heavy atom. The summed E-state index contributed by atoms with van der Waals surface area (Å²) in [4.78, 5) is 33.3. The van der Waals surface area contributed by atoms with Gasteiger partial charge in [-0.15, -0.1) is 11.3 Å². The highest BCUT2D eigenvalue weighted by molar-refractivity contribution is 7.15. The predicted molar refractivity (Wildman–Crippen MR) is 382 cm³/mol. The van der Waals surface area contributed by atoms with Crippen LogP contribution in [0, 0.1) is 5.92 Å². The van der Waals surface area contributed by atoms with E-state index in [0.29, 0.717) is 41.4 Å². The summed E-state index contributed by atoms with van der Waals surface area (Å²) in [5, 5.41) is 21.7. The van der Waals surface area contributed by atoms with Gasteiger partial charge in [-0.05, 0) is 134 Å². The molecule has 3 N–H and O–H groups in total. The van der Waals surface area contributed by atoms with Gasteiger partial charge in [-0.2, -0.15) is 20.4 Å². The van der Waals surface area contributed by atoms with Crippen LogP contribution < -0.4 is 4.74 Å².